The van der Waals surface area contributed by atoms with E-state index in [4.69, 9.17) is 4.74 Å². The molecule has 2 rings (SSSR count). The van der Waals surface area contributed by atoms with Crippen LogP contribution < -0.4 is 5.32 Å². The van der Waals surface area contributed by atoms with Gasteiger partial charge in [0, 0.05) is 19.8 Å². The molecule has 1 fully saturated rings. The van der Waals surface area contributed by atoms with Gasteiger partial charge in [0.15, 0.2) is 9.84 Å². The second-order valence-corrected chi connectivity index (χ2v) is 8.03. The van der Waals surface area contributed by atoms with Crippen LogP contribution in [0.3, 0.4) is 0 Å². The molecular formula is C16H21NO6S. The molecule has 1 aromatic carbocycles. The molecule has 2 N–H and O–H groups in total. The first-order chi connectivity index (χ1) is 11.3. The standard InChI is InChI=1S/C16H21NO6S/c1-2-24(21,22)13-6-4-3-5-12(13)14(18)17-11-16(15(19)20)7-9-23-10-8-16/h3-6H,2,7-11H2,1H3,(H,17,18)(H,19,20). The Hall–Kier alpha value is -1.93. The monoisotopic (exact) mass is 355 g/mol. The molecule has 0 aliphatic carbocycles. The third kappa shape index (κ3) is 3.76. The zero-order valence-corrected chi connectivity index (χ0v) is 14.3. The fourth-order valence-electron chi connectivity index (χ4n) is 2.65. The highest BCUT2D eigenvalue weighted by atomic mass is 32.2. The number of ether oxygens (including phenoxy) is 1. The largest absolute Gasteiger partial charge is 0.481 e. The Balaban J connectivity index is 2.20. The molecule has 0 saturated carbocycles. The normalized spacial score (nSPS) is 17.2. The van der Waals surface area contributed by atoms with E-state index in [-0.39, 0.29) is 22.8 Å². The van der Waals surface area contributed by atoms with Crippen LogP contribution in [0.2, 0.25) is 0 Å². The Kier molecular flexibility index (Phi) is 5.61. The van der Waals surface area contributed by atoms with Crippen LogP contribution in [0.5, 0.6) is 0 Å². The summed E-state index contributed by atoms with van der Waals surface area (Å²) in [4.78, 5) is 24.0. The van der Waals surface area contributed by atoms with Crippen LogP contribution in [0.25, 0.3) is 0 Å². The van der Waals surface area contributed by atoms with Crippen molar-refractivity contribution < 1.29 is 27.9 Å². The van der Waals surface area contributed by atoms with E-state index in [1.807, 2.05) is 0 Å². The van der Waals surface area contributed by atoms with Crippen molar-refractivity contribution in [3.05, 3.63) is 29.8 Å². The van der Waals surface area contributed by atoms with Gasteiger partial charge in [0.05, 0.1) is 21.6 Å². The van der Waals surface area contributed by atoms with Crippen LogP contribution >= 0.6 is 0 Å². The van der Waals surface area contributed by atoms with E-state index >= 15 is 0 Å². The van der Waals surface area contributed by atoms with E-state index in [9.17, 15) is 23.1 Å². The van der Waals surface area contributed by atoms with Crippen LogP contribution in [0.15, 0.2) is 29.2 Å². The fourth-order valence-corrected chi connectivity index (χ4v) is 3.75. The molecule has 24 heavy (non-hydrogen) atoms. The molecule has 0 aromatic heterocycles. The molecule has 0 atom stereocenters. The highest BCUT2D eigenvalue weighted by molar-refractivity contribution is 7.91. The number of rotatable bonds is 6. The smallest absolute Gasteiger partial charge is 0.311 e. The van der Waals surface area contributed by atoms with Gasteiger partial charge < -0.3 is 15.2 Å². The molecule has 1 heterocycles. The number of hydrogen-bond acceptors (Lipinski definition) is 5. The lowest BCUT2D eigenvalue weighted by atomic mass is 9.80. The van der Waals surface area contributed by atoms with Crippen LogP contribution in [0.1, 0.15) is 30.1 Å². The van der Waals surface area contributed by atoms with E-state index < -0.39 is 27.1 Å². The molecule has 132 valence electrons. The van der Waals surface area contributed by atoms with Gasteiger partial charge in [-0.1, -0.05) is 19.1 Å². The van der Waals surface area contributed by atoms with E-state index in [2.05, 4.69) is 5.32 Å². The highest BCUT2D eigenvalue weighted by Gasteiger charge is 2.40. The second kappa shape index (κ2) is 7.31. The number of carbonyl (C=O) groups excluding carboxylic acids is 1. The minimum Gasteiger partial charge on any atom is -0.481 e. The Bertz CT molecular complexity index is 722. The molecule has 1 amide bonds. The summed E-state index contributed by atoms with van der Waals surface area (Å²) in [7, 11) is -3.55. The van der Waals surface area contributed by atoms with Crippen LogP contribution in [0, 0.1) is 5.41 Å². The van der Waals surface area contributed by atoms with Crippen molar-refractivity contribution in [2.75, 3.05) is 25.5 Å². The van der Waals surface area contributed by atoms with Gasteiger partial charge in [0.25, 0.3) is 5.91 Å². The maximum absolute atomic E-state index is 12.4. The lowest BCUT2D eigenvalue weighted by Gasteiger charge is -2.33. The summed E-state index contributed by atoms with van der Waals surface area (Å²) in [5.41, 5.74) is -1.04. The number of carbonyl (C=O) groups is 2. The molecule has 1 aromatic rings. The quantitative estimate of drug-likeness (QED) is 0.790. The Morgan fingerprint density at radius 1 is 1.25 bits per heavy atom. The van der Waals surface area contributed by atoms with E-state index in [0.29, 0.717) is 26.1 Å². The number of aliphatic carboxylic acids is 1. The van der Waals surface area contributed by atoms with E-state index in [1.54, 1.807) is 12.1 Å². The number of carboxylic acids is 1. The van der Waals surface area contributed by atoms with Gasteiger partial charge in [0.1, 0.15) is 0 Å². The molecule has 0 radical (unpaired) electrons. The third-order valence-corrected chi connectivity index (χ3v) is 6.12. The summed E-state index contributed by atoms with van der Waals surface area (Å²) < 4.78 is 29.4. The van der Waals surface area contributed by atoms with Crippen LogP contribution in [0.4, 0.5) is 0 Å². The van der Waals surface area contributed by atoms with Crippen LogP contribution in [-0.4, -0.2) is 50.9 Å². The first-order valence-electron chi connectivity index (χ1n) is 7.73. The van der Waals surface area contributed by atoms with E-state index in [1.165, 1.54) is 19.1 Å². The van der Waals surface area contributed by atoms with Crippen molar-refractivity contribution in [3.63, 3.8) is 0 Å². The van der Waals surface area contributed by atoms with Crippen molar-refractivity contribution in [2.45, 2.75) is 24.7 Å². The first kappa shape index (κ1) is 18.4. The number of amides is 1. The van der Waals surface area contributed by atoms with Gasteiger partial charge in [0.2, 0.25) is 0 Å². The molecule has 0 spiro atoms. The number of sulfone groups is 1. The molecule has 0 bridgehead atoms. The SMILES string of the molecule is CCS(=O)(=O)c1ccccc1C(=O)NCC1(C(=O)O)CCOCC1. The van der Waals surface area contributed by atoms with Gasteiger partial charge in [-0.3, -0.25) is 9.59 Å². The van der Waals surface area contributed by atoms with Crippen molar-refractivity contribution >= 4 is 21.7 Å². The topological polar surface area (TPSA) is 110 Å². The molecular weight excluding hydrogens is 334 g/mol. The van der Waals surface area contributed by atoms with Crippen molar-refractivity contribution in [3.8, 4) is 0 Å². The summed E-state index contributed by atoms with van der Waals surface area (Å²) in [6, 6.07) is 5.94. The van der Waals surface area contributed by atoms with Gasteiger partial charge in [-0.05, 0) is 25.0 Å². The number of hydrogen-bond donors (Lipinski definition) is 2. The van der Waals surface area contributed by atoms with Gasteiger partial charge in [-0.25, -0.2) is 8.42 Å². The van der Waals surface area contributed by atoms with Crippen molar-refractivity contribution in [1.82, 2.24) is 5.32 Å². The van der Waals surface area contributed by atoms with Crippen molar-refractivity contribution in [2.24, 2.45) is 5.41 Å². The zero-order chi connectivity index (χ0) is 17.8. The summed E-state index contributed by atoms with van der Waals surface area (Å²) in [6.07, 6.45) is 0.606. The molecule has 7 nitrogen and oxygen atoms in total. The summed E-state index contributed by atoms with van der Waals surface area (Å²) in [6.45, 7) is 2.09. The average molecular weight is 355 g/mol. The summed E-state index contributed by atoms with van der Waals surface area (Å²) >= 11 is 0. The van der Waals surface area contributed by atoms with Gasteiger partial charge in [-0.15, -0.1) is 0 Å². The minimum absolute atomic E-state index is 0.0342. The molecule has 0 unspecified atom stereocenters. The van der Waals surface area contributed by atoms with Gasteiger partial charge >= 0.3 is 5.97 Å². The predicted molar refractivity (Wildman–Crippen MR) is 86.6 cm³/mol. The Labute approximate surface area is 140 Å². The first-order valence-corrected chi connectivity index (χ1v) is 9.39. The molecule has 1 aliphatic rings. The Morgan fingerprint density at radius 2 is 1.88 bits per heavy atom. The maximum Gasteiger partial charge on any atom is 0.311 e. The lowest BCUT2D eigenvalue weighted by Crippen LogP contribution is -2.46. The third-order valence-electron chi connectivity index (χ3n) is 4.34. The number of nitrogens with one attached hydrogen (secondary N) is 1. The summed E-state index contributed by atoms with van der Waals surface area (Å²) in [5, 5.41) is 12.1. The van der Waals surface area contributed by atoms with Crippen molar-refractivity contribution in [1.29, 1.82) is 0 Å². The molecule has 8 heteroatoms. The average Bonchev–Trinajstić information content (AvgIpc) is 2.60. The highest BCUT2D eigenvalue weighted by Crippen LogP contribution is 2.30. The zero-order valence-electron chi connectivity index (χ0n) is 13.4. The lowest BCUT2D eigenvalue weighted by molar-refractivity contribution is -0.154. The van der Waals surface area contributed by atoms with Gasteiger partial charge in [-0.2, -0.15) is 0 Å². The number of benzene rings is 1. The molecule has 1 aliphatic heterocycles. The number of carboxylic acid groups (broad SMARTS) is 1. The van der Waals surface area contributed by atoms with E-state index in [0.717, 1.165) is 0 Å². The predicted octanol–water partition coefficient (Wildman–Crippen LogP) is 1.09. The maximum atomic E-state index is 12.4. The minimum atomic E-state index is -3.55. The summed E-state index contributed by atoms with van der Waals surface area (Å²) in [5.74, 6) is -1.69. The Morgan fingerprint density at radius 3 is 2.46 bits per heavy atom. The fraction of sp³-hybridized carbons (Fsp3) is 0.500. The second-order valence-electron chi connectivity index (χ2n) is 5.78. The van der Waals surface area contributed by atoms with Crippen LogP contribution in [-0.2, 0) is 19.4 Å². The molecule has 1 saturated heterocycles.